The highest BCUT2D eigenvalue weighted by molar-refractivity contribution is 5.79. The molecule has 29 heavy (non-hydrogen) atoms. The van der Waals surface area contributed by atoms with Crippen LogP contribution in [0.25, 0.3) is 0 Å². The molecule has 5 nitrogen and oxygen atoms in total. The Bertz CT molecular complexity index is 923. The number of amides is 1. The fourth-order valence-electron chi connectivity index (χ4n) is 2.90. The second-order valence-corrected chi connectivity index (χ2v) is 6.55. The predicted octanol–water partition coefficient (Wildman–Crippen LogP) is 4.14. The molecule has 150 valence electrons. The maximum atomic E-state index is 12.3. The fraction of sp³-hybridized carbons (Fsp3) is 0.208. The molecular weight excluding hydrogens is 366 g/mol. The first-order chi connectivity index (χ1) is 14.2. The second-order valence-electron chi connectivity index (χ2n) is 6.55. The Hall–Kier alpha value is -3.47. The van der Waals surface area contributed by atoms with Gasteiger partial charge in [0, 0.05) is 12.1 Å². The number of benzene rings is 3. The van der Waals surface area contributed by atoms with Crippen molar-refractivity contribution in [2.75, 3.05) is 14.2 Å². The first-order valence-corrected chi connectivity index (χ1v) is 9.41. The van der Waals surface area contributed by atoms with Crippen LogP contribution in [0.1, 0.15) is 16.7 Å². The molecule has 0 saturated heterocycles. The SMILES string of the molecule is COc1ccc(OC)c(CC(=O)NCc2ccc(OCc3ccccc3)cc2)c1. The molecule has 3 rings (SSSR count). The van der Waals surface area contributed by atoms with E-state index in [9.17, 15) is 4.79 Å². The Morgan fingerprint density at radius 2 is 1.55 bits per heavy atom. The molecule has 1 N–H and O–H groups in total. The fourth-order valence-corrected chi connectivity index (χ4v) is 2.90. The van der Waals surface area contributed by atoms with E-state index in [0.29, 0.717) is 24.7 Å². The second kappa shape index (κ2) is 10.2. The summed E-state index contributed by atoms with van der Waals surface area (Å²) < 4.78 is 16.3. The Balaban J connectivity index is 1.50. The third-order valence-electron chi connectivity index (χ3n) is 4.50. The molecular formula is C24H25NO4. The van der Waals surface area contributed by atoms with Crippen molar-refractivity contribution in [3.05, 3.63) is 89.5 Å². The van der Waals surface area contributed by atoms with Crippen LogP contribution in [-0.4, -0.2) is 20.1 Å². The Labute approximate surface area is 171 Å². The molecule has 0 aliphatic heterocycles. The number of nitrogens with one attached hydrogen (secondary N) is 1. The lowest BCUT2D eigenvalue weighted by Gasteiger charge is -2.11. The van der Waals surface area contributed by atoms with Gasteiger partial charge in [-0.15, -0.1) is 0 Å². The number of hydrogen-bond donors (Lipinski definition) is 1. The van der Waals surface area contributed by atoms with Gasteiger partial charge in [0.1, 0.15) is 23.9 Å². The number of carbonyl (C=O) groups is 1. The maximum absolute atomic E-state index is 12.3. The summed E-state index contributed by atoms with van der Waals surface area (Å²) in [6.07, 6.45) is 0.221. The van der Waals surface area contributed by atoms with Crippen molar-refractivity contribution < 1.29 is 19.0 Å². The molecule has 5 heteroatoms. The van der Waals surface area contributed by atoms with E-state index >= 15 is 0 Å². The molecule has 0 spiro atoms. The number of rotatable bonds is 9. The lowest BCUT2D eigenvalue weighted by Crippen LogP contribution is -2.24. The zero-order valence-electron chi connectivity index (χ0n) is 16.7. The minimum atomic E-state index is -0.0824. The van der Waals surface area contributed by atoms with Crippen molar-refractivity contribution in [3.63, 3.8) is 0 Å². The van der Waals surface area contributed by atoms with Gasteiger partial charge in [0.2, 0.25) is 5.91 Å². The summed E-state index contributed by atoms with van der Waals surface area (Å²) in [5, 5.41) is 2.94. The van der Waals surface area contributed by atoms with Crippen LogP contribution in [0.4, 0.5) is 0 Å². The summed E-state index contributed by atoms with van der Waals surface area (Å²) in [4.78, 5) is 12.3. The van der Waals surface area contributed by atoms with Crippen LogP contribution in [0.15, 0.2) is 72.8 Å². The summed E-state index contributed by atoms with van der Waals surface area (Å²) in [7, 11) is 3.18. The van der Waals surface area contributed by atoms with Gasteiger partial charge in [-0.2, -0.15) is 0 Å². The summed E-state index contributed by atoms with van der Waals surface area (Å²) in [6, 6.07) is 23.2. The van der Waals surface area contributed by atoms with Gasteiger partial charge in [0.05, 0.1) is 20.6 Å². The third kappa shape index (κ3) is 6.01. The van der Waals surface area contributed by atoms with E-state index in [-0.39, 0.29) is 12.3 Å². The van der Waals surface area contributed by atoms with E-state index in [0.717, 1.165) is 22.4 Å². The van der Waals surface area contributed by atoms with Crippen LogP contribution in [0.3, 0.4) is 0 Å². The van der Waals surface area contributed by atoms with Gasteiger partial charge in [-0.3, -0.25) is 4.79 Å². The van der Waals surface area contributed by atoms with E-state index in [1.165, 1.54) is 0 Å². The van der Waals surface area contributed by atoms with Crippen LogP contribution in [-0.2, 0) is 24.4 Å². The number of carbonyl (C=O) groups excluding carboxylic acids is 1. The Kier molecular flexibility index (Phi) is 7.11. The van der Waals surface area contributed by atoms with Crippen molar-refractivity contribution >= 4 is 5.91 Å². The van der Waals surface area contributed by atoms with E-state index < -0.39 is 0 Å². The minimum Gasteiger partial charge on any atom is -0.497 e. The average molecular weight is 391 g/mol. The van der Waals surface area contributed by atoms with Crippen molar-refractivity contribution in [2.45, 2.75) is 19.6 Å². The first kappa shape index (κ1) is 20.3. The molecule has 0 bridgehead atoms. The quantitative estimate of drug-likeness (QED) is 0.596. The highest BCUT2D eigenvalue weighted by Crippen LogP contribution is 2.24. The number of methoxy groups -OCH3 is 2. The van der Waals surface area contributed by atoms with Crippen molar-refractivity contribution in [1.29, 1.82) is 0 Å². The van der Waals surface area contributed by atoms with Gasteiger partial charge in [0.25, 0.3) is 0 Å². The van der Waals surface area contributed by atoms with E-state index in [1.54, 1.807) is 20.3 Å². The molecule has 0 atom stereocenters. The van der Waals surface area contributed by atoms with Crippen molar-refractivity contribution in [2.24, 2.45) is 0 Å². The highest BCUT2D eigenvalue weighted by atomic mass is 16.5. The van der Waals surface area contributed by atoms with Crippen LogP contribution in [0.2, 0.25) is 0 Å². The first-order valence-electron chi connectivity index (χ1n) is 9.41. The van der Waals surface area contributed by atoms with Gasteiger partial charge in [-0.25, -0.2) is 0 Å². The summed E-state index contributed by atoms with van der Waals surface area (Å²) in [6.45, 7) is 0.976. The molecule has 0 aromatic heterocycles. The van der Waals surface area contributed by atoms with Gasteiger partial charge >= 0.3 is 0 Å². The summed E-state index contributed by atoms with van der Waals surface area (Å²) >= 11 is 0. The van der Waals surface area contributed by atoms with Crippen LogP contribution >= 0.6 is 0 Å². The monoisotopic (exact) mass is 391 g/mol. The lowest BCUT2D eigenvalue weighted by molar-refractivity contribution is -0.120. The predicted molar refractivity (Wildman–Crippen MR) is 112 cm³/mol. The standard InChI is InChI=1S/C24H25NO4/c1-27-22-12-13-23(28-2)20(14-22)15-24(26)25-16-18-8-10-21(11-9-18)29-17-19-6-4-3-5-7-19/h3-14H,15-17H2,1-2H3,(H,25,26). The van der Waals surface area contributed by atoms with Crippen molar-refractivity contribution in [1.82, 2.24) is 5.32 Å². The molecule has 0 heterocycles. The molecule has 0 radical (unpaired) electrons. The average Bonchev–Trinajstić information content (AvgIpc) is 2.77. The normalized spacial score (nSPS) is 10.3. The molecule has 3 aromatic carbocycles. The Morgan fingerprint density at radius 3 is 2.24 bits per heavy atom. The zero-order chi connectivity index (χ0) is 20.5. The molecule has 0 aliphatic carbocycles. The molecule has 3 aromatic rings. The molecule has 0 aliphatic rings. The topological polar surface area (TPSA) is 56.8 Å². The van der Waals surface area contributed by atoms with Gasteiger partial charge in [-0.05, 0) is 41.5 Å². The van der Waals surface area contributed by atoms with Gasteiger partial charge in [0.15, 0.2) is 0 Å². The Morgan fingerprint density at radius 1 is 0.828 bits per heavy atom. The molecule has 0 unspecified atom stereocenters. The van der Waals surface area contributed by atoms with Gasteiger partial charge < -0.3 is 19.5 Å². The maximum Gasteiger partial charge on any atom is 0.224 e. The molecule has 1 amide bonds. The number of hydrogen-bond acceptors (Lipinski definition) is 4. The van der Waals surface area contributed by atoms with Crippen molar-refractivity contribution in [3.8, 4) is 17.2 Å². The van der Waals surface area contributed by atoms with Crippen LogP contribution in [0, 0.1) is 0 Å². The smallest absolute Gasteiger partial charge is 0.224 e. The highest BCUT2D eigenvalue weighted by Gasteiger charge is 2.10. The summed E-state index contributed by atoms with van der Waals surface area (Å²) in [5.41, 5.74) is 2.91. The zero-order valence-corrected chi connectivity index (χ0v) is 16.7. The van der Waals surface area contributed by atoms with Crippen LogP contribution in [0.5, 0.6) is 17.2 Å². The third-order valence-corrected chi connectivity index (χ3v) is 4.50. The largest absolute Gasteiger partial charge is 0.497 e. The minimum absolute atomic E-state index is 0.0824. The number of ether oxygens (including phenoxy) is 3. The molecule has 0 saturated carbocycles. The van der Waals surface area contributed by atoms with E-state index in [4.69, 9.17) is 14.2 Å². The van der Waals surface area contributed by atoms with Crippen LogP contribution < -0.4 is 19.5 Å². The van der Waals surface area contributed by atoms with E-state index in [2.05, 4.69) is 5.32 Å². The lowest BCUT2D eigenvalue weighted by atomic mass is 10.1. The molecule has 0 fully saturated rings. The summed E-state index contributed by atoms with van der Waals surface area (Å²) in [5.74, 6) is 2.08. The van der Waals surface area contributed by atoms with Gasteiger partial charge in [-0.1, -0.05) is 42.5 Å². The van der Waals surface area contributed by atoms with E-state index in [1.807, 2.05) is 66.7 Å².